The van der Waals surface area contributed by atoms with Gasteiger partial charge in [-0.25, -0.2) is 4.99 Å². The van der Waals surface area contributed by atoms with Crippen molar-refractivity contribution in [2.45, 2.75) is 18.9 Å². The van der Waals surface area contributed by atoms with Gasteiger partial charge in [-0.2, -0.15) is 0 Å². The third kappa shape index (κ3) is 2.45. The lowest BCUT2D eigenvalue weighted by molar-refractivity contribution is -0.131. The van der Waals surface area contributed by atoms with Crippen LogP contribution in [0.2, 0.25) is 0 Å². The summed E-state index contributed by atoms with van der Waals surface area (Å²) in [6.45, 7) is 2.66. The number of likely N-dealkylation sites (N-methyl/N-ethyl adjacent to an activating group) is 2. The second-order valence-electron chi connectivity index (χ2n) is 5.46. The molecule has 3 aliphatic heterocycles. The Morgan fingerprint density at radius 2 is 2.26 bits per heavy atom. The Morgan fingerprint density at radius 1 is 1.42 bits per heavy atom. The molecule has 0 amide bonds. The van der Waals surface area contributed by atoms with E-state index in [2.05, 4.69) is 40.0 Å². The Kier molecular flexibility index (Phi) is 3.18. The number of nitrogens with zero attached hydrogens (tertiary/aromatic N) is 4. The van der Waals surface area contributed by atoms with E-state index < -0.39 is 0 Å². The molecule has 6 heteroatoms. The minimum Gasteiger partial charge on any atom is -0.369 e. The van der Waals surface area contributed by atoms with Crippen LogP contribution in [0.3, 0.4) is 0 Å². The molecule has 19 heavy (non-hydrogen) atoms. The fourth-order valence-corrected chi connectivity index (χ4v) is 2.73. The smallest absolute Gasteiger partial charge is 0.158 e. The Balaban J connectivity index is 1.66. The zero-order valence-electron chi connectivity index (χ0n) is 11.5. The number of carbonyl (C=O) groups is 1. The summed E-state index contributed by atoms with van der Waals surface area (Å²) >= 11 is 0. The predicted octanol–water partition coefficient (Wildman–Crippen LogP) is 0.0822. The average Bonchev–Trinajstić information content (AvgIpc) is 2.75. The second-order valence-corrected chi connectivity index (χ2v) is 5.46. The summed E-state index contributed by atoms with van der Waals surface area (Å²) in [4.78, 5) is 22.2. The standard InChI is InChI=1S/C13H20N4O2/c1-15-8-14-13-12(15)6-17(9-16(13)2)5-11-4-3-10(18)7-19-11/h6,11H,3-5,7-9H2,1-2H3. The van der Waals surface area contributed by atoms with E-state index >= 15 is 0 Å². The van der Waals surface area contributed by atoms with Gasteiger partial charge >= 0.3 is 0 Å². The van der Waals surface area contributed by atoms with Gasteiger partial charge in [-0.3, -0.25) is 4.79 Å². The van der Waals surface area contributed by atoms with Gasteiger partial charge in [0.1, 0.15) is 13.3 Å². The molecule has 3 heterocycles. The highest BCUT2D eigenvalue weighted by atomic mass is 16.5. The Morgan fingerprint density at radius 3 is 3.00 bits per heavy atom. The average molecular weight is 264 g/mol. The Bertz CT molecular complexity index is 436. The van der Waals surface area contributed by atoms with E-state index in [0.29, 0.717) is 6.42 Å². The van der Waals surface area contributed by atoms with Crippen molar-refractivity contribution in [3.05, 3.63) is 11.9 Å². The SMILES string of the molecule is CN1CN=C2C1=CN(CC1CCC(=O)CO1)CN2C. The lowest BCUT2D eigenvalue weighted by atomic mass is 10.1. The number of hydrogen-bond acceptors (Lipinski definition) is 6. The molecule has 0 aromatic carbocycles. The van der Waals surface area contributed by atoms with E-state index in [-0.39, 0.29) is 18.5 Å². The first-order valence-electron chi connectivity index (χ1n) is 6.70. The molecule has 0 bridgehead atoms. The number of fused-ring (bicyclic) bond motifs is 1. The van der Waals surface area contributed by atoms with Crippen LogP contribution in [0.25, 0.3) is 0 Å². The normalized spacial score (nSPS) is 27.4. The predicted molar refractivity (Wildman–Crippen MR) is 71.5 cm³/mol. The molecular weight excluding hydrogens is 244 g/mol. The highest BCUT2D eigenvalue weighted by Gasteiger charge is 2.29. The summed E-state index contributed by atoms with van der Waals surface area (Å²) in [5, 5.41) is 0. The lowest BCUT2D eigenvalue weighted by Crippen LogP contribution is -2.46. The summed E-state index contributed by atoms with van der Waals surface area (Å²) < 4.78 is 5.58. The van der Waals surface area contributed by atoms with E-state index in [1.165, 1.54) is 5.70 Å². The van der Waals surface area contributed by atoms with Crippen molar-refractivity contribution in [2.24, 2.45) is 4.99 Å². The van der Waals surface area contributed by atoms with Gasteiger partial charge in [0, 0.05) is 33.3 Å². The van der Waals surface area contributed by atoms with E-state index in [4.69, 9.17) is 4.74 Å². The third-order valence-corrected chi connectivity index (χ3v) is 3.80. The van der Waals surface area contributed by atoms with E-state index in [1.54, 1.807) is 0 Å². The van der Waals surface area contributed by atoms with Gasteiger partial charge in [0.25, 0.3) is 0 Å². The van der Waals surface area contributed by atoms with Gasteiger partial charge in [-0.1, -0.05) is 0 Å². The number of aliphatic imine (C=N–C) groups is 1. The fraction of sp³-hybridized carbons (Fsp3) is 0.692. The third-order valence-electron chi connectivity index (χ3n) is 3.80. The quantitative estimate of drug-likeness (QED) is 0.707. The molecule has 0 saturated carbocycles. The monoisotopic (exact) mass is 264 g/mol. The number of carbonyl (C=O) groups excluding carboxylic acids is 1. The highest BCUT2D eigenvalue weighted by molar-refractivity contribution is 5.99. The molecule has 6 nitrogen and oxygen atoms in total. The van der Waals surface area contributed by atoms with Gasteiger partial charge in [0.15, 0.2) is 11.6 Å². The molecule has 0 N–H and O–H groups in total. The topological polar surface area (TPSA) is 48.4 Å². The highest BCUT2D eigenvalue weighted by Crippen LogP contribution is 2.21. The lowest BCUT2D eigenvalue weighted by Gasteiger charge is -2.37. The van der Waals surface area contributed by atoms with Crippen LogP contribution in [-0.4, -0.2) is 73.0 Å². The summed E-state index contributed by atoms with van der Waals surface area (Å²) in [5.74, 6) is 1.29. The minimum atomic E-state index is 0.160. The van der Waals surface area contributed by atoms with Gasteiger partial charge in [0.05, 0.1) is 18.5 Å². The first-order chi connectivity index (χ1) is 9.13. The molecule has 3 rings (SSSR count). The summed E-state index contributed by atoms with van der Waals surface area (Å²) in [6.07, 6.45) is 3.80. The maximum atomic E-state index is 11.2. The van der Waals surface area contributed by atoms with Crippen molar-refractivity contribution in [1.29, 1.82) is 0 Å². The Labute approximate surface area is 113 Å². The largest absolute Gasteiger partial charge is 0.369 e. The van der Waals surface area contributed by atoms with Gasteiger partial charge < -0.3 is 19.4 Å². The molecular formula is C13H20N4O2. The number of ether oxygens (including phenoxy) is 1. The van der Waals surface area contributed by atoms with Crippen LogP contribution >= 0.6 is 0 Å². The van der Waals surface area contributed by atoms with Crippen molar-refractivity contribution in [3.8, 4) is 0 Å². The van der Waals surface area contributed by atoms with Crippen molar-refractivity contribution >= 4 is 11.6 Å². The summed E-state index contributed by atoms with van der Waals surface area (Å²) in [5.41, 5.74) is 1.17. The molecule has 0 aliphatic carbocycles. The molecule has 1 atom stereocenters. The maximum absolute atomic E-state index is 11.2. The molecule has 1 saturated heterocycles. The summed E-state index contributed by atoms with van der Waals surface area (Å²) in [7, 11) is 4.11. The first-order valence-corrected chi connectivity index (χ1v) is 6.70. The molecule has 0 aromatic heterocycles. The molecule has 0 spiro atoms. The first kappa shape index (κ1) is 12.5. The van der Waals surface area contributed by atoms with Crippen molar-refractivity contribution in [1.82, 2.24) is 14.7 Å². The molecule has 1 fully saturated rings. The van der Waals surface area contributed by atoms with E-state index in [1.807, 2.05) is 0 Å². The fourth-order valence-electron chi connectivity index (χ4n) is 2.73. The van der Waals surface area contributed by atoms with Crippen molar-refractivity contribution < 1.29 is 9.53 Å². The number of rotatable bonds is 2. The van der Waals surface area contributed by atoms with Gasteiger partial charge in [-0.15, -0.1) is 0 Å². The van der Waals surface area contributed by atoms with E-state index in [9.17, 15) is 4.79 Å². The number of hydrogen-bond donors (Lipinski definition) is 0. The summed E-state index contributed by atoms with van der Waals surface area (Å²) in [6, 6.07) is 0. The van der Waals surface area contributed by atoms with Crippen LogP contribution in [0.1, 0.15) is 12.8 Å². The maximum Gasteiger partial charge on any atom is 0.158 e. The minimum absolute atomic E-state index is 0.160. The number of amidine groups is 1. The van der Waals surface area contributed by atoms with Crippen molar-refractivity contribution in [2.75, 3.05) is 40.6 Å². The van der Waals surface area contributed by atoms with E-state index in [0.717, 1.165) is 32.1 Å². The van der Waals surface area contributed by atoms with Crippen LogP contribution in [-0.2, 0) is 9.53 Å². The number of Topliss-reactive ketones (excluding diaryl/α,β-unsaturated/α-hetero) is 1. The molecule has 0 aromatic rings. The second kappa shape index (κ2) is 4.85. The van der Waals surface area contributed by atoms with Gasteiger partial charge in [-0.05, 0) is 6.42 Å². The van der Waals surface area contributed by atoms with Crippen molar-refractivity contribution in [3.63, 3.8) is 0 Å². The van der Waals surface area contributed by atoms with Crippen LogP contribution < -0.4 is 0 Å². The molecule has 104 valence electrons. The van der Waals surface area contributed by atoms with Gasteiger partial charge in [0.2, 0.25) is 0 Å². The molecule has 1 unspecified atom stereocenters. The Hall–Kier alpha value is -1.56. The van der Waals surface area contributed by atoms with Crippen LogP contribution in [0.15, 0.2) is 16.9 Å². The van der Waals surface area contributed by atoms with Crippen LogP contribution in [0.5, 0.6) is 0 Å². The zero-order valence-corrected chi connectivity index (χ0v) is 11.5. The molecule has 0 radical (unpaired) electrons. The van der Waals surface area contributed by atoms with Crippen LogP contribution in [0, 0.1) is 0 Å². The van der Waals surface area contributed by atoms with Crippen LogP contribution in [0.4, 0.5) is 0 Å². The molecule has 3 aliphatic rings. The zero-order chi connectivity index (χ0) is 13.4. The number of ketones is 1.